The minimum atomic E-state index is -2.29. The van der Waals surface area contributed by atoms with Gasteiger partial charge in [-0.05, 0) is 27.8 Å². The van der Waals surface area contributed by atoms with Gasteiger partial charge in [0.15, 0.2) is 8.24 Å². The Balaban J connectivity index is 1.73. The molecule has 1 fully saturated rings. The molecule has 5 rings (SSSR count). The number of furan rings is 1. The number of aliphatic hydroxyl groups excluding tert-OH is 1. The zero-order chi connectivity index (χ0) is 27.8. The summed E-state index contributed by atoms with van der Waals surface area (Å²) in [6.45, 7) is 11.2. The van der Waals surface area contributed by atoms with Crippen molar-refractivity contribution in [2.75, 3.05) is 0 Å². The van der Waals surface area contributed by atoms with E-state index in [4.69, 9.17) is 4.42 Å². The molecule has 4 nitrogen and oxygen atoms in total. The first-order chi connectivity index (χ1) is 18.6. The topological polar surface area (TPSA) is 53.7 Å². The van der Waals surface area contributed by atoms with E-state index in [9.17, 15) is 9.90 Å². The van der Waals surface area contributed by atoms with E-state index in [0.29, 0.717) is 5.56 Å². The minimum absolute atomic E-state index is 0.0240. The van der Waals surface area contributed by atoms with Crippen LogP contribution in [-0.2, 0) is 9.54 Å². The summed E-state index contributed by atoms with van der Waals surface area (Å²) in [6.07, 6.45) is 2.15. The predicted molar refractivity (Wildman–Crippen MR) is 162 cm³/mol. The molecular weight excluding hydrogens is 519 g/mol. The van der Waals surface area contributed by atoms with E-state index in [2.05, 4.69) is 111 Å². The number of benzene rings is 3. The van der Waals surface area contributed by atoms with Crippen molar-refractivity contribution < 1.29 is 14.3 Å². The molecule has 1 aromatic heterocycles. The Morgan fingerprint density at radius 3 is 1.67 bits per heavy atom. The normalized spacial score (nSPS) is 19.0. The SMILES string of the molecule is CC(C)(C)[Si](C)(C)N1C(=O)C(C(O)c2ccoc2)C1SC(c1ccccc1)(c1ccccc1)c1ccccc1. The molecule has 1 amide bonds. The highest BCUT2D eigenvalue weighted by Crippen LogP contribution is 2.58. The van der Waals surface area contributed by atoms with Crippen LogP contribution in [0, 0.1) is 5.92 Å². The molecule has 0 bridgehead atoms. The quantitative estimate of drug-likeness (QED) is 0.137. The van der Waals surface area contributed by atoms with E-state index < -0.39 is 25.0 Å². The second kappa shape index (κ2) is 10.5. The van der Waals surface area contributed by atoms with Crippen molar-refractivity contribution in [3.05, 3.63) is 132 Å². The maximum atomic E-state index is 14.1. The Labute approximate surface area is 237 Å². The average Bonchev–Trinajstić information content (AvgIpc) is 3.47. The molecule has 1 saturated heterocycles. The van der Waals surface area contributed by atoms with E-state index in [1.54, 1.807) is 30.4 Å². The number of hydrogen-bond acceptors (Lipinski definition) is 4. The van der Waals surface area contributed by atoms with Gasteiger partial charge in [-0.15, -0.1) is 11.8 Å². The fraction of sp³-hybridized carbons (Fsp3) is 0.303. The Bertz CT molecular complexity index is 1290. The summed E-state index contributed by atoms with van der Waals surface area (Å²) >= 11 is 1.78. The second-order valence-corrected chi connectivity index (χ2v) is 18.3. The summed E-state index contributed by atoms with van der Waals surface area (Å²) in [7, 11) is -2.29. The summed E-state index contributed by atoms with van der Waals surface area (Å²) in [5.41, 5.74) is 4.05. The average molecular weight is 556 g/mol. The van der Waals surface area contributed by atoms with Gasteiger partial charge in [0.2, 0.25) is 5.91 Å². The van der Waals surface area contributed by atoms with Crippen LogP contribution in [0.25, 0.3) is 0 Å². The molecule has 0 radical (unpaired) electrons. The van der Waals surface area contributed by atoms with Crippen molar-refractivity contribution in [2.45, 2.75) is 55.1 Å². The van der Waals surface area contributed by atoms with Crippen molar-refractivity contribution >= 4 is 25.9 Å². The molecule has 0 spiro atoms. The number of amides is 1. The van der Waals surface area contributed by atoms with Crippen LogP contribution in [-0.4, -0.2) is 29.2 Å². The first kappa shape index (κ1) is 27.5. The lowest BCUT2D eigenvalue weighted by Gasteiger charge is -2.60. The van der Waals surface area contributed by atoms with E-state index in [1.807, 2.05) is 18.2 Å². The van der Waals surface area contributed by atoms with Crippen LogP contribution in [0.15, 0.2) is 114 Å². The van der Waals surface area contributed by atoms with Crippen molar-refractivity contribution in [1.82, 2.24) is 4.57 Å². The molecule has 39 heavy (non-hydrogen) atoms. The van der Waals surface area contributed by atoms with Crippen molar-refractivity contribution in [3.63, 3.8) is 0 Å². The molecule has 2 heterocycles. The predicted octanol–water partition coefficient (Wildman–Crippen LogP) is 7.83. The Morgan fingerprint density at radius 1 is 0.821 bits per heavy atom. The van der Waals surface area contributed by atoms with Gasteiger partial charge in [-0.3, -0.25) is 4.79 Å². The van der Waals surface area contributed by atoms with E-state index in [-0.39, 0.29) is 16.3 Å². The number of thioether (sulfide) groups is 1. The molecule has 0 aliphatic carbocycles. The third-order valence-electron chi connectivity index (χ3n) is 8.59. The summed E-state index contributed by atoms with van der Waals surface area (Å²) in [6, 6.07) is 33.4. The monoisotopic (exact) mass is 555 g/mol. The number of rotatable bonds is 8. The van der Waals surface area contributed by atoms with Gasteiger partial charge >= 0.3 is 0 Å². The van der Waals surface area contributed by atoms with E-state index in [1.165, 1.54) is 0 Å². The molecule has 3 unspecified atom stereocenters. The lowest BCUT2D eigenvalue weighted by molar-refractivity contribution is -0.150. The Hall–Kier alpha value is -3.06. The molecule has 1 N–H and O–H groups in total. The van der Waals surface area contributed by atoms with Gasteiger partial charge in [0, 0.05) is 5.56 Å². The number of nitrogens with zero attached hydrogens (tertiary/aromatic N) is 1. The van der Waals surface area contributed by atoms with Gasteiger partial charge in [-0.2, -0.15) is 0 Å². The minimum Gasteiger partial charge on any atom is -0.472 e. The Kier molecular flexibility index (Phi) is 7.40. The molecule has 6 heteroatoms. The zero-order valence-corrected chi connectivity index (χ0v) is 25.1. The summed E-state index contributed by atoms with van der Waals surface area (Å²) < 4.78 is 6.84. The third kappa shape index (κ3) is 4.69. The van der Waals surface area contributed by atoms with Gasteiger partial charge in [-0.25, -0.2) is 0 Å². The first-order valence-electron chi connectivity index (χ1n) is 13.5. The van der Waals surface area contributed by atoms with Crippen LogP contribution in [0.1, 0.15) is 49.1 Å². The maximum absolute atomic E-state index is 14.1. The molecule has 3 aromatic carbocycles. The summed E-state index contributed by atoms with van der Waals surface area (Å²) in [5.74, 6) is -0.562. The molecule has 4 aromatic rings. The number of carbonyl (C=O) groups is 1. The van der Waals surface area contributed by atoms with Gasteiger partial charge in [-0.1, -0.05) is 125 Å². The summed E-state index contributed by atoms with van der Waals surface area (Å²) in [5, 5.41) is 11.3. The molecule has 0 saturated carbocycles. The molecular formula is C33H37NO3SSi. The van der Waals surface area contributed by atoms with Crippen LogP contribution >= 0.6 is 11.8 Å². The lowest BCUT2D eigenvalue weighted by atomic mass is 9.84. The molecule has 1 aliphatic heterocycles. The number of β-lactam (4-membered cyclic amide) rings is 1. The van der Waals surface area contributed by atoms with Crippen LogP contribution < -0.4 is 0 Å². The van der Waals surface area contributed by atoms with Gasteiger partial charge < -0.3 is 14.1 Å². The summed E-state index contributed by atoms with van der Waals surface area (Å²) in [4.78, 5) is 14.1. The highest BCUT2D eigenvalue weighted by atomic mass is 32.2. The van der Waals surface area contributed by atoms with Gasteiger partial charge in [0.05, 0.1) is 34.7 Å². The number of hydrogen-bond donors (Lipinski definition) is 1. The fourth-order valence-corrected chi connectivity index (χ4v) is 10.4. The van der Waals surface area contributed by atoms with Crippen molar-refractivity contribution in [2.24, 2.45) is 5.92 Å². The van der Waals surface area contributed by atoms with Crippen LogP contribution in [0.3, 0.4) is 0 Å². The van der Waals surface area contributed by atoms with Gasteiger partial charge in [0.25, 0.3) is 0 Å². The highest BCUT2D eigenvalue weighted by molar-refractivity contribution is 8.01. The highest BCUT2D eigenvalue weighted by Gasteiger charge is 2.61. The second-order valence-electron chi connectivity index (χ2n) is 11.8. The zero-order valence-electron chi connectivity index (χ0n) is 23.2. The van der Waals surface area contributed by atoms with Crippen molar-refractivity contribution in [1.29, 1.82) is 0 Å². The molecule has 1 aliphatic rings. The van der Waals surface area contributed by atoms with Crippen LogP contribution in [0.2, 0.25) is 18.1 Å². The van der Waals surface area contributed by atoms with Crippen molar-refractivity contribution in [3.8, 4) is 0 Å². The first-order valence-corrected chi connectivity index (χ1v) is 17.3. The van der Waals surface area contributed by atoms with Gasteiger partial charge in [0.1, 0.15) is 0 Å². The molecule has 3 atom stereocenters. The lowest BCUT2D eigenvalue weighted by Crippen LogP contribution is -2.73. The number of carbonyl (C=O) groups excluding carboxylic acids is 1. The van der Waals surface area contributed by atoms with Crippen LogP contribution in [0.5, 0.6) is 0 Å². The van der Waals surface area contributed by atoms with Crippen LogP contribution in [0.4, 0.5) is 0 Å². The number of aliphatic hydroxyl groups is 1. The Morgan fingerprint density at radius 2 is 1.28 bits per heavy atom. The van der Waals surface area contributed by atoms with E-state index >= 15 is 0 Å². The largest absolute Gasteiger partial charge is 0.472 e. The molecule has 202 valence electrons. The fourth-order valence-electron chi connectivity index (χ4n) is 5.41. The van der Waals surface area contributed by atoms with E-state index in [0.717, 1.165) is 16.7 Å². The standard InChI is InChI=1S/C33H37NO3SSi/c1-32(2,3)39(4,5)34-30(36)28(29(35)24-21-22-37-23-24)31(34)38-33(25-15-9-6-10-16-25,26-17-11-7-12-18-26)27-19-13-8-14-20-27/h6-23,28-29,31,35H,1-5H3. The smallest absolute Gasteiger partial charge is 0.224 e. The third-order valence-corrected chi connectivity index (χ3v) is 16.0. The maximum Gasteiger partial charge on any atom is 0.224 e.